The maximum atomic E-state index is 11.5. The van der Waals surface area contributed by atoms with Crippen LogP contribution in [-0.2, 0) is 24.2 Å². The van der Waals surface area contributed by atoms with Gasteiger partial charge in [-0.2, -0.15) is 11.3 Å². The molecular formula is C16H17NO2S. The zero-order chi connectivity index (χ0) is 13.9. The second-order valence-electron chi connectivity index (χ2n) is 5.18. The van der Waals surface area contributed by atoms with E-state index in [0.29, 0.717) is 6.42 Å². The van der Waals surface area contributed by atoms with Gasteiger partial charge < -0.3 is 5.11 Å². The summed E-state index contributed by atoms with van der Waals surface area (Å²) in [5.41, 5.74) is 3.72. The summed E-state index contributed by atoms with van der Waals surface area (Å²) in [6, 6.07) is 9.86. The number of nitrogens with zero attached hydrogens (tertiary/aromatic N) is 1. The molecule has 3 nitrogen and oxygen atoms in total. The first kappa shape index (κ1) is 13.3. The molecule has 0 aliphatic carbocycles. The first-order valence-corrected chi connectivity index (χ1v) is 7.73. The van der Waals surface area contributed by atoms with Crippen LogP contribution in [0, 0.1) is 0 Å². The van der Waals surface area contributed by atoms with E-state index in [1.807, 2.05) is 18.2 Å². The first-order valence-electron chi connectivity index (χ1n) is 6.79. The molecule has 1 aromatic carbocycles. The fraction of sp³-hybridized carbons (Fsp3) is 0.312. The van der Waals surface area contributed by atoms with Gasteiger partial charge >= 0.3 is 5.97 Å². The van der Waals surface area contributed by atoms with Crippen LogP contribution in [-0.4, -0.2) is 28.6 Å². The zero-order valence-corrected chi connectivity index (χ0v) is 12.0. The number of benzene rings is 1. The highest BCUT2D eigenvalue weighted by Crippen LogP contribution is 2.23. The largest absolute Gasteiger partial charge is 0.480 e. The van der Waals surface area contributed by atoms with Crippen LogP contribution < -0.4 is 0 Å². The van der Waals surface area contributed by atoms with Gasteiger partial charge in [0.25, 0.3) is 0 Å². The minimum absolute atomic E-state index is 0.400. The first-order chi connectivity index (χ1) is 9.74. The molecule has 0 unspecified atom stereocenters. The van der Waals surface area contributed by atoms with E-state index in [1.54, 1.807) is 11.3 Å². The van der Waals surface area contributed by atoms with Gasteiger partial charge in [-0.3, -0.25) is 9.69 Å². The Bertz CT molecular complexity index is 594. The van der Waals surface area contributed by atoms with Crippen molar-refractivity contribution in [2.45, 2.75) is 25.4 Å². The summed E-state index contributed by atoms with van der Waals surface area (Å²) < 4.78 is 0. The fourth-order valence-corrected chi connectivity index (χ4v) is 3.47. The lowest BCUT2D eigenvalue weighted by Crippen LogP contribution is -2.46. The van der Waals surface area contributed by atoms with Gasteiger partial charge in [0.15, 0.2) is 0 Å². The van der Waals surface area contributed by atoms with E-state index in [1.165, 1.54) is 16.7 Å². The Hall–Kier alpha value is -1.65. The molecule has 1 N–H and O–H groups in total. The molecule has 0 radical (unpaired) electrons. The predicted molar refractivity (Wildman–Crippen MR) is 80.0 cm³/mol. The van der Waals surface area contributed by atoms with Crippen molar-refractivity contribution in [3.8, 4) is 0 Å². The number of aliphatic carboxylic acids is 1. The van der Waals surface area contributed by atoms with E-state index in [0.717, 1.165) is 19.5 Å². The SMILES string of the molecule is O=C(O)[C@@H]1Cc2ccccc2CN1CCc1ccsc1. The third kappa shape index (κ3) is 2.76. The third-order valence-electron chi connectivity index (χ3n) is 3.90. The lowest BCUT2D eigenvalue weighted by atomic mass is 9.93. The summed E-state index contributed by atoms with van der Waals surface area (Å²) in [6.07, 6.45) is 1.52. The van der Waals surface area contributed by atoms with Crippen molar-refractivity contribution in [2.75, 3.05) is 6.54 Å². The van der Waals surface area contributed by atoms with Crippen molar-refractivity contribution in [3.05, 3.63) is 57.8 Å². The standard InChI is InChI=1S/C16H17NO2S/c18-16(19)15-9-13-3-1-2-4-14(13)10-17(15)7-5-12-6-8-20-11-12/h1-4,6,8,11,15H,5,7,9-10H2,(H,18,19)/t15-/m0/s1. The summed E-state index contributed by atoms with van der Waals surface area (Å²) in [6.45, 7) is 1.53. The molecule has 0 amide bonds. The summed E-state index contributed by atoms with van der Waals surface area (Å²) in [7, 11) is 0. The molecule has 3 rings (SSSR count). The van der Waals surface area contributed by atoms with Crippen LogP contribution in [0.15, 0.2) is 41.1 Å². The van der Waals surface area contributed by atoms with E-state index in [4.69, 9.17) is 0 Å². The molecule has 20 heavy (non-hydrogen) atoms. The topological polar surface area (TPSA) is 40.5 Å². The van der Waals surface area contributed by atoms with Gasteiger partial charge in [-0.15, -0.1) is 0 Å². The van der Waals surface area contributed by atoms with Gasteiger partial charge in [0.2, 0.25) is 0 Å². The van der Waals surface area contributed by atoms with Crippen LogP contribution in [0.4, 0.5) is 0 Å². The predicted octanol–water partition coefficient (Wildman–Crippen LogP) is 2.80. The smallest absolute Gasteiger partial charge is 0.321 e. The van der Waals surface area contributed by atoms with Crippen LogP contribution in [0.25, 0.3) is 0 Å². The molecular weight excluding hydrogens is 270 g/mol. The fourth-order valence-electron chi connectivity index (χ4n) is 2.76. The number of thiophene rings is 1. The zero-order valence-electron chi connectivity index (χ0n) is 11.2. The molecule has 2 heterocycles. The minimum Gasteiger partial charge on any atom is -0.480 e. The molecule has 4 heteroatoms. The van der Waals surface area contributed by atoms with E-state index in [9.17, 15) is 9.90 Å². The Kier molecular flexibility index (Phi) is 3.85. The van der Waals surface area contributed by atoms with Crippen LogP contribution in [0.5, 0.6) is 0 Å². The van der Waals surface area contributed by atoms with Crippen molar-refractivity contribution in [2.24, 2.45) is 0 Å². The highest BCUT2D eigenvalue weighted by molar-refractivity contribution is 7.07. The van der Waals surface area contributed by atoms with Gasteiger partial charge in [-0.05, 0) is 46.4 Å². The second kappa shape index (κ2) is 5.77. The molecule has 0 fully saturated rings. The Morgan fingerprint density at radius 1 is 1.30 bits per heavy atom. The minimum atomic E-state index is -0.718. The van der Waals surface area contributed by atoms with E-state index < -0.39 is 12.0 Å². The van der Waals surface area contributed by atoms with Crippen LogP contribution >= 0.6 is 11.3 Å². The molecule has 0 saturated carbocycles. The molecule has 1 atom stereocenters. The maximum Gasteiger partial charge on any atom is 0.321 e. The molecule has 0 bridgehead atoms. The highest BCUT2D eigenvalue weighted by atomic mass is 32.1. The second-order valence-corrected chi connectivity index (χ2v) is 5.96. The quantitative estimate of drug-likeness (QED) is 0.940. The summed E-state index contributed by atoms with van der Waals surface area (Å²) in [5, 5.41) is 13.6. The van der Waals surface area contributed by atoms with E-state index in [2.05, 4.69) is 27.8 Å². The van der Waals surface area contributed by atoms with Crippen molar-refractivity contribution in [3.63, 3.8) is 0 Å². The molecule has 0 spiro atoms. The Morgan fingerprint density at radius 3 is 2.80 bits per heavy atom. The van der Waals surface area contributed by atoms with Gasteiger partial charge in [0.1, 0.15) is 6.04 Å². The number of hydrogen-bond acceptors (Lipinski definition) is 3. The number of carboxylic acid groups (broad SMARTS) is 1. The van der Waals surface area contributed by atoms with Crippen LogP contribution in [0.1, 0.15) is 16.7 Å². The summed E-state index contributed by atoms with van der Waals surface area (Å²) in [5.74, 6) is -0.718. The lowest BCUT2D eigenvalue weighted by Gasteiger charge is -2.34. The molecule has 1 aliphatic rings. The summed E-state index contributed by atoms with van der Waals surface area (Å²) in [4.78, 5) is 13.6. The highest BCUT2D eigenvalue weighted by Gasteiger charge is 2.30. The monoisotopic (exact) mass is 287 g/mol. The van der Waals surface area contributed by atoms with Gasteiger partial charge in [-0.1, -0.05) is 24.3 Å². The number of hydrogen-bond donors (Lipinski definition) is 1. The van der Waals surface area contributed by atoms with Crippen molar-refractivity contribution < 1.29 is 9.90 Å². The van der Waals surface area contributed by atoms with Crippen molar-refractivity contribution in [1.29, 1.82) is 0 Å². The summed E-state index contributed by atoms with van der Waals surface area (Å²) >= 11 is 1.69. The molecule has 2 aromatic rings. The lowest BCUT2D eigenvalue weighted by molar-refractivity contribution is -0.143. The number of rotatable bonds is 4. The van der Waals surface area contributed by atoms with Crippen LogP contribution in [0.2, 0.25) is 0 Å². The normalized spacial score (nSPS) is 18.7. The average Bonchev–Trinajstić information content (AvgIpc) is 2.97. The Balaban J connectivity index is 1.76. The van der Waals surface area contributed by atoms with E-state index in [-0.39, 0.29) is 0 Å². The van der Waals surface area contributed by atoms with Gasteiger partial charge in [-0.25, -0.2) is 0 Å². The molecule has 104 valence electrons. The Morgan fingerprint density at radius 2 is 2.10 bits per heavy atom. The third-order valence-corrected chi connectivity index (χ3v) is 4.63. The van der Waals surface area contributed by atoms with Crippen molar-refractivity contribution >= 4 is 17.3 Å². The van der Waals surface area contributed by atoms with Gasteiger partial charge in [0.05, 0.1) is 0 Å². The molecule has 1 aliphatic heterocycles. The molecule has 0 saturated heterocycles. The number of carbonyl (C=O) groups is 1. The number of carboxylic acids is 1. The van der Waals surface area contributed by atoms with E-state index >= 15 is 0 Å². The maximum absolute atomic E-state index is 11.5. The number of fused-ring (bicyclic) bond motifs is 1. The van der Waals surface area contributed by atoms with Gasteiger partial charge in [0, 0.05) is 13.1 Å². The Labute approximate surface area is 122 Å². The average molecular weight is 287 g/mol. The van der Waals surface area contributed by atoms with Crippen molar-refractivity contribution in [1.82, 2.24) is 4.90 Å². The molecule has 1 aromatic heterocycles. The van der Waals surface area contributed by atoms with Crippen LogP contribution in [0.3, 0.4) is 0 Å².